The highest BCUT2D eigenvalue weighted by Crippen LogP contribution is 2.29. The van der Waals surface area contributed by atoms with Gasteiger partial charge in [-0.2, -0.15) is 0 Å². The average molecular weight is 291 g/mol. The van der Waals surface area contributed by atoms with Crippen molar-refractivity contribution >= 4 is 28.5 Å². The summed E-state index contributed by atoms with van der Waals surface area (Å²) in [6.07, 6.45) is -0.478. The Balaban J connectivity index is 2.54. The van der Waals surface area contributed by atoms with Crippen molar-refractivity contribution in [3.05, 3.63) is 35.9 Å². The number of nitrogens with two attached hydrogens (primary N) is 1. The van der Waals surface area contributed by atoms with Crippen LogP contribution in [0.25, 0.3) is 10.9 Å². The monoisotopic (exact) mass is 291 g/mol. The second-order valence-corrected chi connectivity index (χ2v) is 5.95. The summed E-state index contributed by atoms with van der Waals surface area (Å²) in [5.74, 6) is 0.0172. The third kappa shape index (κ3) is 3.02. The quantitative estimate of drug-likeness (QED) is 0.264. The zero-order valence-corrected chi connectivity index (χ0v) is 12.1. The summed E-state index contributed by atoms with van der Waals surface area (Å²) in [6.45, 7) is 3.63. The van der Waals surface area contributed by atoms with Crippen molar-refractivity contribution in [3.8, 4) is 0 Å². The van der Waals surface area contributed by atoms with Crippen molar-refractivity contribution in [2.24, 2.45) is 10.9 Å². The van der Waals surface area contributed by atoms with Crippen molar-refractivity contribution in [1.29, 1.82) is 0 Å². The number of fused-ring (bicyclic) bond motifs is 1. The number of benzene rings is 1. The van der Waals surface area contributed by atoms with E-state index in [0.29, 0.717) is 10.6 Å². The molecule has 0 spiro atoms. The average Bonchev–Trinajstić information content (AvgIpc) is 2.45. The van der Waals surface area contributed by atoms with Gasteiger partial charge in [0, 0.05) is 10.6 Å². The minimum Gasteiger partial charge on any atom is -0.409 e. The lowest BCUT2D eigenvalue weighted by atomic mass is 10.1. The van der Waals surface area contributed by atoms with Crippen LogP contribution in [0.15, 0.2) is 40.5 Å². The standard InChI is InChI=1S/C14H17N3O2S/c1-8(18)9(2)20-14-11(13(15)17-19)7-10-5-3-4-6-12(10)16-14/h3-9,18-19H,1-2H3,(H2,15,17). The summed E-state index contributed by atoms with van der Waals surface area (Å²) in [4.78, 5) is 4.55. The summed E-state index contributed by atoms with van der Waals surface area (Å²) in [6, 6.07) is 9.48. The first-order chi connectivity index (χ1) is 9.52. The summed E-state index contributed by atoms with van der Waals surface area (Å²) < 4.78 is 0. The molecule has 2 unspecified atom stereocenters. The zero-order valence-electron chi connectivity index (χ0n) is 11.3. The molecule has 6 heteroatoms. The summed E-state index contributed by atoms with van der Waals surface area (Å²) in [7, 11) is 0. The molecule has 1 heterocycles. The van der Waals surface area contributed by atoms with Gasteiger partial charge in [-0.25, -0.2) is 4.98 Å². The van der Waals surface area contributed by atoms with Crippen molar-refractivity contribution in [1.82, 2.24) is 4.98 Å². The van der Waals surface area contributed by atoms with Crippen LogP contribution in [-0.4, -0.2) is 32.5 Å². The van der Waals surface area contributed by atoms with E-state index in [2.05, 4.69) is 10.1 Å². The molecule has 2 atom stereocenters. The molecule has 2 rings (SSSR count). The van der Waals surface area contributed by atoms with Gasteiger partial charge in [0.2, 0.25) is 0 Å². The van der Waals surface area contributed by atoms with Gasteiger partial charge in [-0.15, -0.1) is 0 Å². The number of thioether (sulfide) groups is 1. The lowest BCUT2D eigenvalue weighted by Crippen LogP contribution is -2.19. The third-order valence-corrected chi connectivity index (χ3v) is 4.35. The number of pyridine rings is 1. The lowest BCUT2D eigenvalue weighted by molar-refractivity contribution is 0.196. The number of hydrogen-bond acceptors (Lipinski definition) is 5. The Morgan fingerprint density at radius 3 is 2.70 bits per heavy atom. The molecular weight excluding hydrogens is 274 g/mol. The summed E-state index contributed by atoms with van der Waals surface area (Å²) >= 11 is 1.40. The maximum Gasteiger partial charge on any atom is 0.172 e. The summed E-state index contributed by atoms with van der Waals surface area (Å²) in [5, 5.41) is 23.1. The number of para-hydroxylation sites is 1. The maximum atomic E-state index is 9.62. The molecule has 2 aromatic rings. The van der Waals surface area contributed by atoms with Gasteiger partial charge in [-0.05, 0) is 19.1 Å². The number of nitrogens with zero attached hydrogens (tertiary/aromatic N) is 2. The van der Waals surface area contributed by atoms with E-state index in [1.165, 1.54) is 11.8 Å². The number of aliphatic hydroxyl groups excluding tert-OH is 1. The van der Waals surface area contributed by atoms with Crippen LogP contribution in [-0.2, 0) is 0 Å². The van der Waals surface area contributed by atoms with E-state index in [1.807, 2.05) is 37.3 Å². The Morgan fingerprint density at radius 2 is 2.05 bits per heavy atom. The zero-order chi connectivity index (χ0) is 14.7. The molecular formula is C14H17N3O2S. The van der Waals surface area contributed by atoms with E-state index in [-0.39, 0.29) is 11.1 Å². The van der Waals surface area contributed by atoms with Crippen LogP contribution >= 0.6 is 11.8 Å². The molecule has 0 saturated carbocycles. The Kier molecular flexibility index (Phi) is 4.46. The first-order valence-electron chi connectivity index (χ1n) is 6.25. The van der Waals surface area contributed by atoms with Crippen molar-refractivity contribution in [3.63, 3.8) is 0 Å². The van der Waals surface area contributed by atoms with Crippen LogP contribution in [0.5, 0.6) is 0 Å². The van der Waals surface area contributed by atoms with Gasteiger partial charge in [-0.3, -0.25) is 0 Å². The molecule has 0 aliphatic carbocycles. The predicted octanol–water partition coefficient (Wildman–Crippen LogP) is 2.19. The van der Waals surface area contributed by atoms with Crippen molar-refractivity contribution in [2.45, 2.75) is 30.2 Å². The molecule has 5 nitrogen and oxygen atoms in total. The summed E-state index contributed by atoms with van der Waals surface area (Å²) in [5.41, 5.74) is 7.13. The molecule has 1 aromatic carbocycles. The number of amidine groups is 1. The highest BCUT2D eigenvalue weighted by molar-refractivity contribution is 8.00. The first kappa shape index (κ1) is 14.6. The fourth-order valence-electron chi connectivity index (χ4n) is 1.70. The molecule has 20 heavy (non-hydrogen) atoms. The minimum atomic E-state index is -0.478. The van der Waals surface area contributed by atoms with Crippen LogP contribution < -0.4 is 5.73 Å². The lowest BCUT2D eigenvalue weighted by Gasteiger charge is -2.16. The number of rotatable bonds is 4. The van der Waals surface area contributed by atoms with E-state index < -0.39 is 6.10 Å². The molecule has 1 aromatic heterocycles. The normalized spacial score (nSPS) is 15.2. The first-order valence-corrected chi connectivity index (χ1v) is 7.13. The molecule has 106 valence electrons. The van der Waals surface area contributed by atoms with Crippen molar-refractivity contribution in [2.75, 3.05) is 0 Å². The smallest absolute Gasteiger partial charge is 0.172 e. The minimum absolute atomic E-state index is 0.0172. The van der Waals surface area contributed by atoms with Crippen LogP contribution in [0.2, 0.25) is 0 Å². The Labute approximate surface area is 121 Å². The van der Waals surface area contributed by atoms with Gasteiger partial charge in [0.1, 0.15) is 5.03 Å². The van der Waals surface area contributed by atoms with Crippen LogP contribution in [0.4, 0.5) is 0 Å². The number of aliphatic hydroxyl groups is 1. The second-order valence-electron chi connectivity index (χ2n) is 4.58. The van der Waals surface area contributed by atoms with E-state index in [9.17, 15) is 5.11 Å². The van der Waals surface area contributed by atoms with Gasteiger partial charge in [-0.1, -0.05) is 42.0 Å². The number of aromatic nitrogens is 1. The number of hydrogen-bond donors (Lipinski definition) is 3. The van der Waals surface area contributed by atoms with Crippen LogP contribution in [0.3, 0.4) is 0 Å². The Bertz CT molecular complexity index is 643. The highest BCUT2D eigenvalue weighted by Gasteiger charge is 2.17. The molecule has 0 bridgehead atoms. The largest absolute Gasteiger partial charge is 0.409 e. The van der Waals surface area contributed by atoms with Crippen LogP contribution in [0, 0.1) is 0 Å². The van der Waals surface area contributed by atoms with E-state index in [4.69, 9.17) is 10.9 Å². The molecule has 4 N–H and O–H groups in total. The van der Waals surface area contributed by atoms with Gasteiger partial charge in [0.05, 0.1) is 17.2 Å². The predicted molar refractivity (Wildman–Crippen MR) is 81.3 cm³/mol. The van der Waals surface area contributed by atoms with E-state index >= 15 is 0 Å². The molecule has 0 fully saturated rings. The fraction of sp³-hybridized carbons (Fsp3) is 0.286. The highest BCUT2D eigenvalue weighted by atomic mass is 32.2. The molecule has 0 radical (unpaired) electrons. The molecule has 0 aliphatic heterocycles. The van der Waals surface area contributed by atoms with Gasteiger partial charge < -0.3 is 16.0 Å². The van der Waals surface area contributed by atoms with E-state index in [0.717, 1.165) is 10.9 Å². The molecule has 0 amide bonds. The van der Waals surface area contributed by atoms with E-state index in [1.54, 1.807) is 6.92 Å². The van der Waals surface area contributed by atoms with Gasteiger partial charge >= 0.3 is 0 Å². The Hall–Kier alpha value is -1.79. The van der Waals surface area contributed by atoms with Crippen LogP contribution in [0.1, 0.15) is 19.4 Å². The van der Waals surface area contributed by atoms with Gasteiger partial charge in [0.15, 0.2) is 5.84 Å². The topological polar surface area (TPSA) is 91.7 Å². The maximum absolute atomic E-state index is 9.62. The Morgan fingerprint density at radius 1 is 1.35 bits per heavy atom. The van der Waals surface area contributed by atoms with Gasteiger partial charge in [0.25, 0.3) is 0 Å². The SMILES string of the molecule is CC(O)C(C)Sc1nc2ccccc2cc1/C(N)=N/O. The fourth-order valence-corrected chi connectivity index (χ4v) is 2.69. The second kappa shape index (κ2) is 6.11. The molecule has 0 saturated heterocycles. The number of oxime groups is 1. The third-order valence-electron chi connectivity index (χ3n) is 3.05. The molecule has 0 aliphatic rings. The van der Waals surface area contributed by atoms with Crippen molar-refractivity contribution < 1.29 is 10.3 Å².